The molecular formula is C11H15BrN2O. The average molecular weight is 271 g/mol. The normalized spacial score (nSPS) is 10.3. The van der Waals surface area contributed by atoms with Crippen LogP contribution in [-0.2, 0) is 6.42 Å². The molecule has 1 rings (SSSR count). The lowest BCUT2D eigenvalue weighted by molar-refractivity contribution is 0.0999. The molecule has 0 aliphatic rings. The first kappa shape index (κ1) is 12.2. The van der Waals surface area contributed by atoms with Crippen LogP contribution >= 0.6 is 15.9 Å². The van der Waals surface area contributed by atoms with Crippen molar-refractivity contribution in [3.05, 3.63) is 28.0 Å². The van der Waals surface area contributed by atoms with Crippen LogP contribution in [0.25, 0.3) is 0 Å². The van der Waals surface area contributed by atoms with Crippen molar-refractivity contribution in [3.8, 4) is 0 Å². The minimum Gasteiger partial charge on any atom is -0.366 e. The zero-order valence-corrected chi connectivity index (χ0v) is 10.4. The topological polar surface area (TPSA) is 56.0 Å². The lowest BCUT2D eigenvalue weighted by Crippen LogP contribution is -2.12. The van der Waals surface area contributed by atoms with E-state index in [9.17, 15) is 4.79 Å². The van der Waals surface area contributed by atoms with Gasteiger partial charge in [-0.1, -0.05) is 19.8 Å². The maximum absolute atomic E-state index is 11.1. The van der Waals surface area contributed by atoms with E-state index in [1.807, 2.05) is 6.07 Å². The number of pyridine rings is 1. The molecule has 0 fully saturated rings. The number of rotatable bonds is 5. The average Bonchev–Trinajstić information content (AvgIpc) is 2.20. The molecule has 0 atom stereocenters. The van der Waals surface area contributed by atoms with Gasteiger partial charge in [0.2, 0.25) is 0 Å². The maximum Gasteiger partial charge on any atom is 0.251 e. The third-order valence-corrected chi connectivity index (χ3v) is 2.86. The fraction of sp³-hybridized carbons (Fsp3) is 0.455. The highest BCUT2D eigenvalue weighted by Gasteiger charge is 2.08. The van der Waals surface area contributed by atoms with E-state index < -0.39 is 5.91 Å². The molecule has 0 spiro atoms. The first-order chi connectivity index (χ1) is 7.15. The number of halogens is 1. The highest BCUT2D eigenvalue weighted by atomic mass is 79.9. The lowest BCUT2D eigenvalue weighted by atomic mass is 10.1. The largest absolute Gasteiger partial charge is 0.366 e. The van der Waals surface area contributed by atoms with E-state index in [0.717, 1.165) is 18.4 Å². The molecule has 1 amide bonds. The lowest BCUT2D eigenvalue weighted by Gasteiger charge is -2.03. The molecule has 0 aliphatic heterocycles. The van der Waals surface area contributed by atoms with Crippen molar-refractivity contribution in [1.29, 1.82) is 0 Å². The molecule has 15 heavy (non-hydrogen) atoms. The zero-order chi connectivity index (χ0) is 11.3. The van der Waals surface area contributed by atoms with Crippen LogP contribution in [0.15, 0.2) is 16.9 Å². The molecule has 0 aliphatic carbocycles. The predicted molar refractivity (Wildman–Crippen MR) is 63.7 cm³/mol. The number of aryl methyl sites for hydroxylation is 1. The Hall–Kier alpha value is -0.900. The van der Waals surface area contributed by atoms with Gasteiger partial charge in [0.25, 0.3) is 5.91 Å². The number of unbranched alkanes of at least 4 members (excludes halogenated alkanes) is 2. The van der Waals surface area contributed by atoms with Crippen LogP contribution in [0.5, 0.6) is 0 Å². The molecule has 4 heteroatoms. The Morgan fingerprint density at radius 2 is 2.27 bits per heavy atom. The third kappa shape index (κ3) is 3.63. The van der Waals surface area contributed by atoms with E-state index in [-0.39, 0.29) is 0 Å². The first-order valence-electron chi connectivity index (χ1n) is 5.09. The van der Waals surface area contributed by atoms with Crippen LogP contribution < -0.4 is 5.73 Å². The molecule has 0 radical (unpaired) electrons. The smallest absolute Gasteiger partial charge is 0.251 e. The Morgan fingerprint density at radius 3 is 2.87 bits per heavy atom. The van der Waals surface area contributed by atoms with Gasteiger partial charge >= 0.3 is 0 Å². The Balaban J connectivity index is 2.74. The second kappa shape index (κ2) is 5.85. The number of carbonyl (C=O) groups excluding carboxylic acids is 1. The van der Waals surface area contributed by atoms with Crippen molar-refractivity contribution in [3.63, 3.8) is 0 Å². The Labute approximate surface area is 98.2 Å². The van der Waals surface area contributed by atoms with Gasteiger partial charge < -0.3 is 5.73 Å². The molecule has 3 nitrogen and oxygen atoms in total. The maximum atomic E-state index is 11.1. The fourth-order valence-corrected chi connectivity index (χ4v) is 1.79. The molecule has 1 aromatic heterocycles. The van der Waals surface area contributed by atoms with E-state index in [1.54, 1.807) is 6.20 Å². The van der Waals surface area contributed by atoms with Crippen molar-refractivity contribution in [2.75, 3.05) is 0 Å². The monoisotopic (exact) mass is 270 g/mol. The molecule has 1 heterocycles. The van der Waals surface area contributed by atoms with Crippen molar-refractivity contribution in [2.45, 2.75) is 32.6 Å². The van der Waals surface area contributed by atoms with E-state index >= 15 is 0 Å². The summed E-state index contributed by atoms with van der Waals surface area (Å²) in [6.45, 7) is 2.16. The summed E-state index contributed by atoms with van der Waals surface area (Å²) in [6, 6.07) is 1.81. The van der Waals surface area contributed by atoms with Crippen LogP contribution in [0, 0.1) is 0 Å². The third-order valence-electron chi connectivity index (χ3n) is 2.23. The first-order valence-corrected chi connectivity index (χ1v) is 5.88. The number of carbonyl (C=O) groups is 1. The standard InChI is InChI=1S/C11H15BrN2O/c1-2-3-4-5-8-6-9(11(13)15)10(12)14-7-8/h6-7H,2-5H2,1H3,(H2,13,15). The van der Waals surface area contributed by atoms with Gasteiger partial charge in [-0.2, -0.15) is 0 Å². The number of hydrogen-bond donors (Lipinski definition) is 1. The Bertz CT molecular complexity index is 352. The van der Waals surface area contributed by atoms with Crippen LogP contribution in [0.3, 0.4) is 0 Å². The van der Waals surface area contributed by atoms with E-state index in [0.29, 0.717) is 10.2 Å². The van der Waals surface area contributed by atoms with Crippen molar-refractivity contribution >= 4 is 21.8 Å². The highest BCUT2D eigenvalue weighted by Crippen LogP contribution is 2.16. The summed E-state index contributed by atoms with van der Waals surface area (Å²) in [7, 11) is 0. The number of aromatic nitrogens is 1. The molecule has 0 aromatic carbocycles. The summed E-state index contributed by atoms with van der Waals surface area (Å²) in [4.78, 5) is 15.2. The van der Waals surface area contributed by atoms with Gasteiger partial charge in [0.1, 0.15) is 4.60 Å². The minimum atomic E-state index is -0.438. The summed E-state index contributed by atoms with van der Waals surface area (Å²) < 4.78 is 0.522. The Kier molecular flexibility index (Phi) is 4.75. The molecule has 1 aromatic rings. The van der Waals surface area contributed by atoms with E-state index in [2.05, 4.69) is 27.8 Å². The van der Waals surface area contributed by atoms with Crippen LogP contribution in [0.4, 0.5) is 0 Å². The van der Waals surface area contributed by atoms with Crippen LogP contribution in [0.1, 0.15) is 42.1 Å². The highest BCUT2D eigenvalue weighted by molar-refractivity contribution is 9.10. The van der Waals surface area contributed by atoms with Gasteiger partial charge in [-0.25, -0.2) is 4.98 Å². The summed E-state index contributed by atoms with van der Waals surface area (Å²) >= 11 is 3.20. The molecular weight excluding hydrogens is 256 g/mol. The number of amides is 1. The van der Waals surface area contributed by atoms with Crippen LogP contribution in [-0.4, -0.2) is 10.9 Å². The second-order valence-corrected chi connectivity index (χ2v) is 4.25. The van der Waals surface area contributed by atoms with Gasteiger partial charge in [0, 0.05) is 6.20 Å². The van der Waals surface area contributed by atoms with Gasteiger partial charge in [-0.3, -0.25) is 4.79 Å². The molecule has 2 N–H and O–H groups in total. The summed E-state index contributed by atoms with van der Waals surface area (Å²) in [5.74, 6) is -0.438. The molecule has 0 bridgehead atoms. The molecule has 0 saturated carbocycles. The van der Waals surface area contributed by atoms with E-state index in [4.69, 9.17) is 5.73 Å². The molecule has 0 unspecified atom stereocenters. The Morgan fingerprint density at radius 1 is 1.53 bits per heavy atom. The van der Waals surface area contributed by atoms with Crippen molar-refractivity contribution in [2.24, 2.45) is 5.73 Å². The van der Waals surface area contributed by atoms with Crippen LogP contribution in [0.2, 0.25) is 0 Å². The predicted octanol–water partition coefficient (Wildman–Crippen LogP) is 2.68. The minimum absolute atomic E-state index is 0.438. The number of hydrogen-bond acceptors (Lipinski definition) is 2. The number of primary amides is 1. The van der Waals surface area contributed by atoms with Gasteiger partial charge in [-0.05, 0) is 40.4 Å². The fourth-order valence-electron chi connectivity index (χ4n) is 1.38. The van der Waals surface area contributed by atoms with Gasteiger partial charge in [-0.15, -0.1) is 0 Å². The van der Waals surface area contributed by atoms with Crippen molar-refractivity contribution < 1.29 is 4.79 Å². The zero-order valence-electron chi connectivity index (χ0n) is 8.79. The molecule has 0 saturated heterocycles. The molecule has 82 valence electrons. The van der Waals surface area contributed by atoms with Gasteiger partial charge in [0.15, 0.2) is 0 Å². The van der Waals surface area contributed by atoms with Gasteiger partial charge in [0.05, 0.1) is 5.56 Å². The number of nitrogens with two attached hydrogens (primary N) is 1. The quantitative estimate of drug-likeness (QED) is 0.661. The summed E-state index contributed by atoms with van der Waals surface area (Å²) in [5, 5.41) is 0. The van der Waals surface area contributed by atoms with Crippen molar-refractivity contribution in [1.82, 2.24) is 4.98 Å². The second-order valence-electron chi connectivity index (χ2n) is 3.50. The number of nitrogens with zero attached hydrogens (tertiary/aromatic N) is 1. The van der Waals surface area contributed by atoms with E-state index in [1.165, 1.54) is 12.8 Å². The summed E-state index contributed by atoms with van der Waals surface area (Å²) in [5.41, 5.74) is 6.76. The SMILES string of the molecule is CCCCCc1cnc(Br)c(C(N)=O)c1. The summed E-state index contributed by atoms with van der Waals surface area (Å²) in [6.07, 6.45) is 6.24.